The first-order chi connectivity index (χ1) is 14.2. The number of nitrogens with one attached hydrogen (secondary N) is 1. The van der Waals surface area contributed by atoms with Crippen molar-refractivity contribution in [3.63, 3.8) is 0 Å². The fourth-order valence-corrected chi connectivity index (χ4v) is 4.46. The van der Waals surface area contributed by atoms with Crippen LogP contribution in [0.15, 0.2) is 24.3 Å². The van der Waals surface area contributed by atoms with Crippen molar-refractivity contribution >= 4 is 5.91 Å². The molecule has 0 radical (unpaired) electrons. The molecule has 156 valence electrons. The number of benzene rings is 1. The number of quaternary nitrogens is 1. The molecule has 9 nitrogen and oxygen atoms in total. The Morgan fingerprint density at radius 2 is 2.07 bits per heavy atom. The van der Waals surface area contributed by atoms with Crippen molar-refractivity contribution in [3.8, 4) is 5.75 Å². The van der Waals surface area contributed by atoms with Crippen molar-refractivity contribution in [2.45, 2.75) is 44.4 Å². The molecule has 1 aromatic heterocycles. The Morgan fingerprint density at radius 3 is 2.69 bits per heavy atom. The van der Waals surface area contributed by atoms with Crippen LogP contribution in [-0.4, -0.2) is 59.0 Å². The largest absolute Gasteiger partial charge is 0.497 e. The molecule has 0 bridgehead atoms. The third kappa shape index (κ3) is 4.40. The van der Waals surface area contributed by atoms with Crippen molar-refractivity contribution in [2.75, 3.05) is 26.8 Å². The first-order valence-electron chi connectivity index (χ1n) is 10.3. The van der Waals surface area contributed by atoms with Gasteiger partial charge in [0.2, 0.25) is 11.7 Å². The number of carbonyl (C=O) groups is 1. The SMILES string of the molecule is COc1ccc([C@@H](c2nnnn2C[C@H]2CCCO2)[NH+]2CCC(C(N)=O)CC2)cc1. The molecule has 2 saturated heterocycles. The Kier molecular flexibility index (Phi) is 6.05. The fraction of sp³-hybridized carbons (Fsp3) is 0.600. The minimum atomic E-state index is -0.201. The van der Waals surface area contributed by atoms with E-state index in [1.54, 1.807) is 7.11 Å². The lowest BCUT2D eigenvalue weighted by atomic mass is 9.93. The molecular weight excluding hydrogens is 372 g/mol. The number of hydrogen-bond donors (Lipinski definition) is 2. The van der Waals surface area contributed by atoms with Gasteiger partial charge in [0, 0.05) is 30.9 Å². The van der Waals surface area contributed by atoms with E-state index in [1.807, 2.05) is 16.8 Å². The molecule has 2 aromatic rings. The van der Waals surface area contributed by atoms with E-state index in [0.29, 0.717) is 6.54 Å². The predicted octanol–water partition coefficient (Wildman–Crippen LogP) is -0.270. The molecule has 2 aliphatic rings. The van der Waals surface area contributed by atoms with Crippen LogP contribution in [-0.2, 0) is 16.1 Å². The molecule has 2 fully saturated rings. The Bertz CT molecular complexity index is 810. The van der Waals surface area contributed by atoms with Crippen LogP contribution in [0.1, 0.15) is 43.1 Å². The molecule has 2 aliphatic heterocycles. The molecule has 1 amide bonds. The molecular formula is C20H29N6O3+. The van der Waals surface area contributed by atoms with Crippen molar-refractivity contribution in [3.05, 3.63) is 35.7 Å². The Labute approximate surface area is 170 Å². The molecule has 29 heavy (non-hydrogen) atoms. The number of hydrogen-bond acceptors (Lipinski definition) is 6. The van der Waals surface area contributed by atoms with Gasteiger partial charge in [-0.25, -0.2) is 4.68 Å². The zero-order valence-corrected chi connectivity index (χ0v) is 16.8. The number of methoxy groups -OCH3 is 1. The summed E-state index contributed by atoms with van der Waals surface area (Å²) in [5.74, 6) is 1.40. The van der Waals surface area contributed by atoms with Gasteiger partial charge in [-0.1, -0.05) is 0 Å². The van der Waals surface area contributed by atoms with E-state index >= 15 is 0 Å². The number of likely N-dealkylation sites (tertiary alicyclic amines) is 1. The lowest BCUT2D eigenvalue weighted by Gasteiger charge is -2.33. The Morgan fingerprint density at radius 1 is 1.31 bits per heavy atom. The number of piperidine rings is 1. The minimum Gasteiger partial charge on any atom is -0.497 e. The van der Waals surface area contributed by atoms with Crippen LogP contribution in [0, 0.1) is 5.92 Å². The summed E-state index contributed by atoms with van der Waals surface area (Å²) in [6, 6.07) is 8.05. The summed E-state index contributed by atoms with van der Waals surface area (Å²) in [5, 5.41) is 12.6. The van der Waals surface area contributed by atoms with E-state index < -0.39 is 0 Å². The summed E-state index contributed by atoms with van der Waals surface area (Å²) < 4.78 is 13.0. The number of rotatable bonds is 7. The van der Waals surface area contributed by atoms with Gasteiger partial charge in [-0.2, -0.15) is 0 Å². The molecule has 9 heteroatoms. The molecule has 1 aromatic carbocycles. The van der Waals surface area contributed by atoms with E-state index in [9.17, 15) is 4.79 Å². The third-order valence-corrected chi connectivity index (χ3v) is 6.11. The summed E-state index contributed by atoms with van der Waals surface area (Å²) in [6.07, 6.45) is 3.83. The van der Waals surface area contributed by atoms with Gasteiger partial charge in [-0.05, 0) is 47.5 Å². The zero-order chi connectivity index (χ0) is 20.2. The maximum absolute atomic E-state index is 11.6. The molecule has 2 atom stereocenters. The maximum atomic E-state index is 11.6. The van der Waals surface area contributed by atoms with Gasteiger partial charge in [0.1, 0.15) is 5.75 Å². The van der Waals surface area contributed by atoms with E-state index in [1.165, 1.54) is 4.90 Å². The highest BCUT2D eigenvalue weighted by Gasteiger charge is 2.36. The zero-order valence-electron chi connectivity index (χ0n) is 16.8. The van der Waals surface area contributed by atoms with E-state index in [0.717, 1.165) is 62.5 Å². The summed E-state index contributed by atoms with van der Waals surface area (Å²) in [5.41, 5.74) is 6.66. The molecule has 3 heterocycles. The van der Waals surface area contributed by atoms with Gasteiger partial charge in [0.05, 0.1) is 32.8 Å². The van der Waals surface area contributed by atoms with Crippen LogP contribution < -0.4 is 15.4 Å². The Hall–Kier alpha value is -2.52. The van der Waals surface area contributed by atoms with Crippen molar-refractivity contribution < 1.29 is 19.2 Å². The number of tetrazole rings is 1. The van der Waals surface area contributed by atoms with Crippen LogP contribution in [0.3, 0.4) is 0 Å². The summed E-state index contributed by atoms with van der Waals surface area (Å²) in [4.78, 5) is 12.9. The second kappa shape index (κ2) is 8.87. The number of ether oxygens (including phenoxy) is 2. The standard InChI is InChI=1S/C20H28N6O3/c1-28-16-6-4-14(5-7-16)18(25-10-8-15(9-11-25)19(21)27)20-22-23-24-26(20)13-17-3-2-12-29-17/h4-7,15,17-18H,2-3,8-13H2,1H3,(H2,21,27)/p+1/t17-,18+/m1/s1. The number of carbonyl (C=O) groups excluding carboxylic acids is 1. The van der Waals surface area contributed by atoms with Gasteiger partial charge >= 0.3 is 0 Å². The van der Waals surface area contributed by atoms with E-state index in [4.69, 9.17) is 15.2 Å². The molecule has 0 aliphatic carbocycles. The normalized spacial score (nSPS) is 25.6. The minimum absolute atomic E-state index is 0.0221. The number of amides is 1. The second-order valence-electron chi connectivity index (χ2n) is 7.90. The van der Waals surface area contributed by atoms with Gasteiger partial charge in [0.15, 0.2) is 6.04 Å². The summed E-state index contributed by atoms with van der Waals surface area (Å²) in [7, 11) is 1.66. The molecule has 0 saturated carbocycles. The van der Waals surface area contributed by atoms with Gasteiger partial charge in [-0.15, -0.1) is 5.10 Å². The highest BCUT2D eigenvalue weighted by atomic mass is 16.5. The lowest BCUT2D eigenvalue weighted by Crippen LogP contribution is -3.13. The van der Waals surface area contributed by atoms with Crippen LogP contribution in [0.2, 0.25) is 0 Å². The lowest BCUT2D eigenvalue weighted by molar-refractivity contribution is -0.931. The number of nitrogens with two attached hydrogens (primary N) is 1. The topological polar surface area (TPSA) is 110 Å². The van der Waals surface area contributed by atoms with Crippen LogP contribution in [0.25, 0.3) is 0 Å². The highest BCUT2D eigenvalue weighted by Crippen LogP contribution is 2.23. The fourth-order valence-electron chi connectivity index (χ4n) is 4.46. The quantitative estimate of drug-likeness (QED) is 0.661. The predicted molar refractivity (Wildman–Crippen MR) is 104 cm³/mol. The smallest absolute Gasteiger partial charge is 0.220 e. The van der Waals surface area contributed by atoms with E-state index in [2.05, 4.69) is 27.7 Å². The average molecular weight is 401 g/mol. The molecule has 4 rings (SSSR count). The van der Waals surface area contributed by atoms with Crippen LogP contribution in [0.4, 0.5) is 0 Å². The monoisotopic (exact) mass is 401 g/mol. The van der Waals surface area contributed by atoms with Crippen LogP contribution >= 0.6 is 0 Å². The van der Waals surface area contributed by atoms with Gasteiger partial charge in [0.25, 0.3) is 0 Å². The second-order valence-corrected chi connectivity index (χ2v) is 7.90. The Balaban J connectivity index is 1.62. The summed E-state index contributed by atoms with van der Waals surface area (Å²) in [6.45, 7) is 3.15. The van der Waals surface area contributed by atoms with Gasteiger partial charge in [-0.3, -0.25) is 4.79 Å². The maximum Gasteiger partial charge on any atom is 0.220 e. The average Bonchev–Trinajstić information content (AvgIpc) is 3.42. The number of nitrogens with zero attached hydrogens (tertiary/aromatic N) is 4. The van der Waals surface area contributed by atoms with Crippen LogP contribution in [0.5, 0.6) is 5.75 Å². The van der Waals surface area contributed by atoms with E-state index in [-0.39, 0.29) is 24.0 Å². The highest BCUT2D eigenvalue weighted by molar-refractivity contribution is 5.76. The number of primary amides is 1. The van der Waals surface area contributed by atoms with Gasteiger partial charge < -0.3 is 20.1 Å². The third-order valence-electron chi connectivity index (χ3n) is 6.11. The summed E-state index contributed by atoms with van der Waals surface area (Å²) >= 11 is 0. The molecule has 0 unspecified atom stereocenters. The molecule has 3 N–H and O–H groups in total. The molecule has 0 spiro atoms. The first kappa shape index (κ1) is 19.8. The first-order valence-corrected chi connectivity index (χ1v) is 10.3. The van der Waals surface area contributed by atoms with Crippen molar-refractivity contribution in [1.82, 2.24) is 20.2 Å². The number of aromatic nitrogens is 4. The van der Waals surface area contributed by atoms with Crippen molar-refractivity contribution in [2.24, 2.45) is 11.7 Å². The van der Waals surface area contributed by atoms with Crippen molar-refractivity contribution in [1.29, 1.82) is 0 Å².